The van der Waals surface area contributed by atoms with Gasteiger partial charge < -0.3 is 9.88 Å². The van der Waals surface area contributed by atoms with Crippen LogP contribution < -0.4 is 5.32 Å². The quantitative estimate of drug-likeness (QED) is 0.771. The summed E-state index contributed by atoms with van der Waals surface area (Å²) >= 11 is 12.1. The summed E-state index contributed by atoms with van der Waals surface area (Å²) in [5.41, 5.74) is 2.73. The molecule has 0 saturated heterocycles. The summed E-state index contributed by atoms with van der Waals surface area (Å²) in [6, 6.07) is 7.53. The van der Waals surface area contributed by atoms with Crippen LogP contribution in [0.3, 0.4) is 0 Å². The Hall–Kier alpha value is -2.11. The maximum absolute atomic E-state index is 6.08. The summed E-state index contributed by atoms with van der Waals surface area (Å²) in [5, 5.41) is 4.35. The molecular weight excluding hydrogens is 333 g/mol. The number of hydrogen-bond donors (Lipinski definition) is 1. The van der Waals surface area contributed by atoms with Crippen LogP contribution in [-0.2, 0) is 13.6 Å². The maximum Gasteiger partial charge on any atom is 0.163 e. The van der Waals surface area contributed by atoms with Crippen molar-refractivity contribution in [3.05, 3.63) is 58.2 Å². The van der Waals surface area contributed by atoms with E-state index < -0.39 is 0 Å². The van der Waals surface area contributed by atoms with Crippen molar-refractivity contribution in [1.82, 2.24) is 19.5 Å². The molecule has 0 aromatic carbocycles. The number of nitrogens with one attached hydrogen (secondary N) is 1. The van der Waals surface area contributed by atoms with E-state index in [4.69, 9.17) is 23.2 Å². The fraction of sp³-hybridized carbons (Fsp3) is 0.188. The first-order valence-electron chi connectivity index (χ1n) is 7.04. The summed E-state index contributed by atoms with van der Waals surface area (Å²) in [6.07, 6.45) is 3.47. The van der Waals surface area contributed by atoms with Crippen molar-refractivity contribution in [3.8, 4) is 11.4 Å². The summed E-state index contributed by atoms with van der Waals surface area (Å²) in [6.45, 7) is 2.49. The van der Waals surface area contributed by atoms with E-state index in [-0.39, 0.29) is 0 Å². The van der Waals surface area contributed by atoms with Crippen LogP contribution in [0.2, 0.25) is 10.2 Å². The van der Waals surface area contributed by atoms with Gasteiger partial charge in [0, 0.05) is 42.5 Å². The monoisotopic (exact) mass is 347 g/mol. The first kappa shape index (κ1) is 15.8. The predicted molar refractivity (Wildman–Crippen MR) is 92.8 cm³/mol. The van der Waals surface area contributed by atoms with Gasteiger partial charge >= 0.3 is 0 Å². The highest BCUT2D eigenvalue weighted by Gasteiger charge is 2.10. The number of rotatable bonds is 4. The number of aromatic nitrogens is 4. The molecule has 1 N–H and O–H groups in total. The molecule has 5 nitrogen and oxygen atoms in total. The molecule has 0 aliphatic rings. The molecule has 7 heteroatoms. The van der Waals surface area contributed by atoms with Crippen LogP contribution in [0, 0.1) is 6.92 Å². The molecule has 3 heterocycles. The third kappa shape index (κ3) is 3.46. The molecule has 23 heavy (non-hydrogen) atoms. The van der Waals surface area contributed by atoms with Gasteiger partial charge in [-0.3, -0.25) is 4.98 Å². The molecule has 0 fully saturated rings. The number of nitrogens with zero attached hydrogens (tertiary/aromatic N) is 4. The van der Waals surface area contributed by atoms with Crippen molar-refractivity contribution >= 4 is 29.0 Å². The van der Waals surface area contributed by atoms with Crippen LogP contribution in [0.15, 0.2) is 36.7 Å². The normalized spacial score (nSPS) is 10.8. The highest BCUT2D eigenvalue weighted by atomic mass is 35.5. The molecule has 3 aromatic heterocycles. The average Bonchev–Trinajstić information content (AvgIpc) is 2.80. The molecule has 0 unspecified atom stereocenters. The van der Waals surface area contributed by atoms with Gasteiger partial charge in [-0.2, -0.15) is 0 Å². The Bertz CT molecular complexity index is 830. The zero-order valence-corrected chi connectivity index (χ0v) is 14.2. The molecule has 3 aromatic rings. The SMILES string of the molecule is Cc1cc(NCc2cc(Cl)c(Cl)n2C)nc(-c2cccnc2)n1. The van der Waals surface area contributed by atoms with Crippen molar-refractivity contribution in [1.29, 1.82) is 0 Å². The van der Waals surface area contributed by atoms with E-state index in [2.05, 4.69) is 20.3 Å². The van der Waals surface area contributed by atoms with Crippen LogP contribution in [0.1, 0.15) is 11.4 Å². The third-order valence-corrected chi connectivity index (χ3v) is 4.28. The van der Waals surface area contributed by atoms with E-state index in [0.717, 1.165) is 22.8 Å². The molecule has 0 saturated carbocycles. The zero-order valence-electron chi connectivity index (χ0n) is 12.7. The Kier molecular flexibility index (Phi) is 4.50. The molecule has 0 aliphatic carbocycles. The third-order valence-electron chi connectivity index (χ3n) is 3.44. The van der Waals surface area contributed by atoms with Gasteiger partial charge in [-0.05, 0) is 25.1 Å². The second-order valence-corrected chi connectivity index (χ2v) is 5.91. The first-order valence-corrected chi connectivity index (χ1v) is 7.79. The van der Waals surface area contributed by atoms with Crippen molar-refractivity contribution in [2.75, 3.05) is 5.32 Å². The minimum Gasteiger partial charge on any atom is -0.364 e. The molecule has 0 radical (unpaired) electrons. The lowest BCUT2D eigenvalue weighted by molar-refractivity contribution is 0.840. The highest BCUT2D eigenvalue weighted by molar-refractivity contribution is 6.41. The molecule has 0 aliphatic heterocycles. The van der Waals surface area contributed by atoms with E-state index in [1.165, 1.54) is 0 Å². The van der Waals surface area contributed by atoms with Crippen LogP contribution in [0.4, 0.5) is 5.82 Å². The Morgan fingerprint density at radius 2 is 2.04 bits per heavy atom. The van der Waals surface area contributed by atoms with Gasteiger partial charge in [0.15, 0.2) is 5.82 Å². The second-order valence-electron chi connectivity index (χ2n) is 5.15. The maximum atomic E-state index is 6.08. The first-order chi connectivity index (χ1) is 11.0. The van der Waals surface area contributed by atoms with E-state index in [9.17, 15) is 0 Å². The number of pyridine rings is 1. The van der Waals surface area contributed by atoms with Gasteiger partial charge in [-0.25, -0.2) is 9.97 Å². The lowest BCUT2D eigenvalue weighted by Gasteiger charge is -2.09. The van der Waals surface area contributed by atoms with Crippen molar-refractivity contribution in [3.63, 3.8) is 0 Å². The van der Waals surface area contributed by atoms with Gasteiger partial charge in [-0.1, -0.05) is 23.2 Å². The lowest BCUT2D eigenvalue weighted by Crippen LogP contribution is -2.07. The zero-order chi connectivity index (χ0) is 16.4. The number of hydrogen-bond acceptors (Lipinski definition) is 4. The Balaban J connectivity index is 1.83. The second kappa shape index (κ2) is 6.56. The lowest BCUT2D eigenvalue weighted by atomic mass is 10.2. The van der Waals surface area contributed by atoms with E-state index in [0.29, 0.717) is 22.5 Å². The number of anilines is 1. The van der Waals surface area contributed by atoms with Crippen LogP contribution in [0.5, 0.6) is 0 Å². The molecule has 0 amide bonds. The van der Waals surface area contributed by atoms with E-state index in [1.54, 1.807) is 12.4 Å². The van der Waals surface area contributed by atoms with E-state index >= 15 is 0 Å². The van der Waals surface area contributed by atoms with Gasteiger partial charge in [0.1, 0.15) is 11.0 Å². The van der Waals surface area contributed by atoms with Crippen LogP contribution in [-0.4, -0.2) is 19.5 Å². The Morgan fingerprint density at radius 1 is 1.22 bits per heavy atom. The van der Waals surface area contributed by atoms with Gasteiger partial charge in [-0.15, -0.1) is 0 Å². The van der Waals surface area contributed by atoms with Crippen LogP contribution >= 0.6 is 23.2 Å². The van der Waals surface area contributed by atoms with Crippen molar-refractivity contribution < 1.29 is 0 Å². The van der Waals surface area contributed by atoms with Crippen molar-refractivity contribution in [2.24, 2.45) is 7.05 Å². The standard InChI is InChI=1S/C16H15Cl2N5/c1-10-6-14(20-9-12-7-13(17)15(18)23(12)2)22-16(21-10)11-4-3-5-19-8-11/h3-8H,9H2,1-2H3,(H,20,21,22). The predicted octanol–water partition coefficient (Wildman–Crippen LogP) is 4.10. The molecule has 3 rings (SSSR count). The minimum atomic E-state index is 0.526. The van der Waals surface area contributed by atoms with Gasteiger partial charge in [0.05, 0.1) is 11.6 Å². The molecule has 0 atom stereocenters. The fourth-order valence-corrected chi connectivity index (χ4v) is 2.64. The Morgan fingerprint density at radius 3 is 2.70 bits per heavy atom. The number of aryl methyl sites for hydroxylation is 1. The topological polar surface area (TPSA) is 55.6 Å². The highest BCUT2D eigenvalue weighted by Crippen LogP contribution is 2.25. The molecule has 0 spiro atoms. The molecular formula is C16H15Cl2N5. The Labute approximate surface area is 144 Å². The summed E-state index contributed by atoms with van der Waals surface area (Å²) in [4.78, 5) is 13.1. The summed E-state index contributed by atoms with van der Waals surface area (Å²) < 4.78 is 1.84. The van der Waals surface area contributed by atoms with Gasteiger partial charge in [0.25, 0.3) is 0 Å². The summed E-state index contributed by atoms with van der Waals surface area (Å²) in [7, 11) is 1.87. The average molecular weight is 348 g/mol. The molecule has 0 bridgehead atoms. The van der Waals surface area contributed by atoms with Crippen LogP contribution in [0.25, 0.3) is 11.4 Å². The largest absolute Gasteiger partial charge is 0.364 e. The fourth-order valence-electron chi connectivity index (χ4n) is 2.22. The molecule has 118 valence electrons. The van der Waals surface area contributed by atoms with E-state index in [1.807, 2.05) is 42.8 Å². The minimum absolute atomic E-state index is 0.526. The number of halogens is 2. The smallest absolute Gasteiger partial charge is 0.163 e. The van der Waals surface area contributed by atoms with Crippen molar-refractivity contribution in [2.45, 2.75) is 13.5 Å². The summed E-state index contributed by atoms with van der Waals surface area (Å²) in [5.74, 6) is 1.38. The van der Waals surface area contributed by atoms with Gasteiger partial charge in [0.2, 0.25) is 0 Å².